The molecule has 7 heteroatoms. The molecule has 2 aromatic heterocycles. The van der Waals surface area contributed by atoms with E-state index in [1.54, 1.807) is 6.07 Å². The Morgan fingerprint density at radius 1 is 0.808 bits per heavy atom. The van der Waals surface area contributed by atoms with Crippen molar-refractivity contribution >= 4 is 22.1 Å². The molecule has 26 heavy (non-hydrogen) atoms. The SMILES string of the molecule is N#Cc1nc2nc3c(nc2nc1C#N)-c1ccc(CF)c2cccc-3c12. The van der Waals surface area contributed by atoms with Crippen molar-refractivity contribution in [2.24, 2.45) is 0 Å². The maximum absolute atomic E-state index is 13.3. The molecular formula is C19H7FN6. The van der Waals surface area contributed by atoms with Crippen molar-refractivity contribution < 1.29 is 4.39 Å². The molecule has 0 fully saturated rings. The summed E-state index contributed by atoms with van der Waals surface area (Å²) in [5.41, 5.74) is 3.80. The number of fused-ring (bicyclic) bond motifs is 4. The Bertz CT molecular complexity index is 1280. The van der Waals surface area contributed by atoms with Crippen molar-refractivity contribution in [2.75, 3.05) is 0 Å². The van der Waals surface area contributed by atoms with Gasteiger partial charge < -0.3 is 0 Å². The molecule has 0 spiro atoms. The van der Waals surface area contributed by atoms with Crippen LogP contribution >= 0.6 is 0 Å². The first-order chi connectivity index (χ1) is 12.7. The van der Waals surface area contributed by atoms with Gasteiger partial charge in [-0.25, -0.2) is 24.3 Å². The van der Waals surface area contributed by atoms with Crippen molar-refractivity contribution in [3.63, 3.8) is 0 Å². The van der Waals surface area contributed by atoms with Crippen molar-refractivity contribution in [3.05, 3.63) is 47.3 Å². The lowest BCUT2D eigenvalue weighted by molar-refractivity contribution is 0.488. The largest absolute Gasteiger partial charge is 0.246 e. The minimum absolute atomic E-state index is 0.0808. The second kappa shape index (κ2) is 5.01. The topological polar surface area (TPSA) is 99.1 Å². The number of aromatic nitrogens is 4. The quantitative estimate of drug-likeness (QED) is 0.464. The Kier molecular flexibility index (Phi) is 2.77. The molecule has 4 aromatic rings. The van der Waals surface area contributed by atoms with E-state index < -0.39 is 6.67 Å². The molecule has 5 rings (SSSR count). The summed E-state index contributed by atoms with van der Waals surface area (Å²) in [6.07, 6.45) is 0. The third kappa shape index (κ3) is 1.72. The molecule has 0 unspecified atom stereocenters. The smallest absolute Gasteiger partial charge is 0.199 e. The van der Waals surface area contributed by atoms with E-state index in [-0.39, 0.29) is 22.7 Å². The molecule has 6 nitrogen and oxygen atoms in total. The van der Waals surface area contributed by atoms with Gasteiger partial charge in [0.05, 0.1) is 11.4 Å². The average Bonchev–Trinajstić information content (AvgIpc) is 3.00. The van der Waals surface area contributed by atoms with Gasteiger partial charge in [-0.3, -0.25) is 0 Å². The van der Waals surface area contributed by atoms with Crippen LogP contribution in [0.2, 0.25) is 0 Å². The molecule has 120 valence electrons. The normalized spacial score (nSPS) is 11.3. The molecule has 0 atom stereocenters. The van der Waals surface area contributed by atoms with Crippen LogP contribution in [0.3, 0.4) is 0 Å². The molecule has 0 bridgehead atoms. The number of halogens is 1. The fourth-order valence-corrected chi connectivity index (χ4v) is 3.40. The summed E-state index contributed by atoms with van der Waals surface area (Å²) in [4.78, 5) is 17.3. The van der Waals surface area contributed by atoms with Crippen LogP contribution in [0.25, 0.3) is 44.6 Å². The minimum Gasteiger partial charge on any atom is -0.246 e. The number of rotatable bonds is 1. The van der Waals surface area contributed by atoms with Crippen LogP contribution in [0.5, 0.6) is 0 Å². The Morgan fingerprint density at radius 2 is 1.42 bits per heavy atom. The maximum atomic E-state index is 13.3. The highest BCUT2D eigenvalue weighted by atomic mass is 19.1. The van der Waals surface area contributed by atoms with Crippen LogP contribution < -0.4 is 0 Å². The summed E-state index contributed by atoms with van der Waals surface area (Å²) < 4.78 is 13.3. The monoisotopic (exact) mass is 338 g/mol. The molecular weight excluding hydrogens is 331 g/mol. The van der Waals surface area contributed by atoms with Crippen LogP contribution in [0, 0.1) is 22.7 Å². The Labute approximate surface area is 146 Å². The zero-order chi connectivity index (χ0) is 17.8. The maximum Gasteiger partial charge on any atom is 0.199 e. The summed E-state index contributed by atoms with van der Waals surface area (Å²) in [5.74, 6) is 0. The first kappa shape index (κ1) is 14.4. The summed E-state index contributed by atoms with van der Waals surface area (Å²) >= 11 is 0. The summed E-state index contributed by atoms with van der Waals surface area (Å²) in [6, 6.07) is 12.9. The molecule has 2 aromatic carbocycles. The lowest BCUT2D eigenvalue weighted by Gasteiger charge is -2.05. The number of benzene rings is 2. The Hall–Kier alpha value is -3.97. The fourth-order valence-electron chi connectivity index (χ4n) is 3.40. The van der Waals surface area contributed by atoms with E-state index in [0.29, 0.717) is 17.0 Å². The third-order valence-electron chi connectivity index (χ3n) is 4.52. The molecule has 0 aliphatic heterocycles. The van der Waals surface area contributed by atoms with Gasteiger partial charge >= 0.3 is 0 Å². The predicted octanol–water partition coefficient (Wildman–Crippen LogP) is 3.43. The van der Waals surface area contributed by atoms with Crippen LogP contribution in [-0.2, 0) is 6.67 Å². The van der Waals surface area contributed by atoms with Gasteiger partial charge in [0.15, 0.2) is 22.7 Å². The number of hydrogen-bond donors (Lipinski definition) is 0. The first-order valence-electron chi connectivity index (χ1n) is 7.76. The lowest BCUT2D eigenvalue weighted by atomic mass is 10.00. The molecule has 0 saturated heterocycles. The zero-order valence-corrected chi connectivity index (χ0v) is 13.2. The van der Waals surface area contributed by atoms with Gasteiger partial charge in [0.1, 0.15) is 18.8 Å². The molecule has 1 aliphatic carbocycles. The Balaban J connectivity index is 1.90. The molecule has 1 aliphatic rings. The van der Waals surface area contributed by atoms with E-state index in [1.807, 2.05) is 36.4 Å². The third-order valence-corrected chi connectivity index (χ3v) is 4.52. The molecule has 0 N–H and O–H groups in total. The molecule has 0 saturated carbocycles. The molecule has 0 amide bonds. The van der Waals surface area contributed by atoms with Crippen LogP contribution in [0.4, 0.5) is 4.39 Å². The number of nitriles is 2. The van der Waals surface area contributed by atoms with E-state index in [9.17, 15) is 4.39 Å². The highest BCUT2D eigenvalue weighted by Crippen LogP contribution is 2.46. The average molecular weight is 338 g/mol. The highest BCUT2D eigenvalue weighted by molar-refractivity contribution is 6.14. The van der Waals surface area contributed by atoms with Crippen molar-refractivity contribution in [1.29, 1.82) is 10.5 Å². The molecule has 0 radical (unpaired) electrons. The summed E-state index contributed by atoms with van der Waals surface area (Å²) in [7, 11) is 0. The summed E-state index contributed by atoms with van der Waals surface area (Å²) in [5, 5.41) is 20.0. The lowest BCUT2D eigenvalue weighted by Crippen LogP contribution is -2.01. The number of alkyl halides is 1. The highest BCUT2D eigenvalue weighted by Gasteiger charge is 2.26. The minimum atomic E-state index is -0.556. The van der Waals surface area contributed by atoms with Gasteiger partial charge in [-0.15, -0.1) is 0 Å². The van der Waals surface area contributed by atoms with Gasteiger partial charge in [0, 0.05) is 16.5 Å². The molecule has 2 heterocycles. The van der Waals surface area contributed by atoms with Gasteiger partial charge in [-0.05, 0) is 10.9 Å². The van der Waals surface area contributed by atoms with Crippen molar-refractivity contribution in [2.45, 2.75) is 6.67 Å². The van der Waals surface area contributed by atoms with E-state index in [0.717, 1.165) is 21.9 Å². The Morgan fingerprint density at radius 3 is 2.00 bits per heavy atom. The van der Waals surface area contributed by atoms with E-state index >= 15 is 0 Å². The first-order valence-corrected chi connectivity index (χ1v) is 7.76. The second-order valence-electron chi connectivity index (χ2n) is 5.85. The van der Waals surface area contributed by atoms with Gasteiger partial charge in [-0.1, -0.05) is 30.3 Å². The predicted molar refractivity (Wildman–Crippen MR) is 91.3 cm³/mol. The van der Waals surface area contributed by atoms with Gasteiger partial charge in [0.25, 0.3) is 0 Å². The number of hydrogen-bond acceptors (Lipinski definition) is 6. The van der Waals surface area contributed by atoms with E-state index in [4.69, 9.17) is 10.5 Å². The van der Waals surface area contributed by atoms with E-state index in [1.165, 1.54) is 0 Å². The number of nitrogens with zero attached hydrogens (tertiary/aromatic N) is 6. The van der Waals surface area contributed by atoms with Crippen molar-refractivity contribution in [1.82, 2.24) is 19.9 Å². The van der Waals surface area contributed by atoms with Gasteiger partial charge in [-0.2, -0.15) is 10.5 Å². The van der Waals surface area contributed by atoms with Crippen molar-refractivity contribution in [3.8, 4) is 34.7 Å². The van der Waals surface area contributed by atoms with Crippen LogP contribution in [0.1, 0.15) is 17.0 Å². The van der Waals surface area contributed by atoms with Crippen LogP contribution in [-0.4, -0.2) is 19.9 Å². The fraction of sp³-hybridized carbons (Fsp3) is 0.0526. The van der Waals surface area contributed by atoms with E-state index in [2.05, 4.69) is 19.9 Å². The second-order valence-corrected chi connectivity index (χ2v) is 5.85. The summed E-state index contributed by atoms with van der Waals surface area (Å²) in [6.45, 7) is -0.556. The zero-order valence-electron chi connectivity index (χ0n) is 13.2. The van der Waals surface area contributed by atoms with Gasteiger partial charge in [0.2, 0.25) is 0 Å². The standard InChI is InChI=1S/C19H7FN6/c20-6-9-4-5-12-15-10(9)2-1-3-11(15)16-17(12)26-19-18(25-16)23-13(7-21)14(8-22)24-19/h1-5H,6H2. The van der Waals surface area contributed by atoms with Crippen LogP contribution in [0.15, 0.2) is 30.3 Å².